The van der Waals surface area contributed by atoms with Gasteiger partial charge in [0.15, 0.2) is 0 Å². The maximum atomic E-state index is 11.1. The van der Waals surface area contributed by atoms with Crippen molar-refractivity contribution in [2.24, 2.45) is 5.41 Å². The number of hydrogen-bond donors (Lipinski definition) is 0. The first-order valence-electron chi connectivity index (χ1n) is 4.66. The highest BCUT2D eigenvalue weighted by molar-refractivity contribution is 5.70. The summed E-state index contributed by atoms with van der Waals surface area (Å²) < 4.78 is 4.64. The van der Waals surface area contributed by atoms with Crippen LogP contribution < -0.4 is 0 Å². The molecule has 1 saturated carbocycles. The Morgan fingerprint density at radius 3 is 2.62 bits per heavy atom. The van der Waals surface area contributed by atoms with Crippen molar-refractivity contribution in [3.8, 4) is 6.07 Å². The SMILES string of the molecule is COC(=O)CC1(CC#N)CCCC1. The van der Waals surface area contributed by atoms with Gasteiger partial charge in [-0.25, -0.2) is 0 Å². The number of methoxy groups -OCH3 is 1. The molecule has 3 nitrogen and oxygen atoms in total. The average molecular weight is 181 g/mol. The van der Waals surface area contributed by atoms with E-state index in [4.69, 9.17) is 5.26 Å². The second-order valence-corrected chi connectivity index (χ2v) is 3.79. The smallest absolute Gasteiger partial charge is 0.306 e. The number of carbonyl (C=O) groups excluding carboxylic acids is 1. The van der Waals surface area contributed by atoms with Crippen molar-refractivity contribution in [1.29, 1.82) is 5.26 Å². The van der Waals surface area contributed by atoms with E-state index < -0.39 is 0 Å². The Bertz CT molecular complexity index is 224. The summed E-state index contributed by atoms with van der Waals surface area (Å²) in [6.45, 7) is 0. The molecule has 72 valence electrons. The first-order valence-corrected chi connectivity index (χ1v) is 4.66. The summed E-state index contributed by atoms with van der Waals surface area (Å²) in [4.78, 5) is 11.1. The molecule has 0 radical (unpaired) electrons. The third kappa shape index (κ3) is 2.45. The molecule has 0 atom stereocenters. The zero-order valence-electron chi connectivity index (χ0n) is 8.01. The lowest BCUT2D eigenvalue weighted by Gasteiger charge is -2.23. The van der Waals surface area contributed by atoms with Crippen LogP contribution in [0.5, 0.6) is 0 Å². The number of nitrogens with zero attached hydrogens (tertiary/aromatic N) is 1. The van der Waals surface area contributed by atoms with Gasteiger partial charge in [0, 0.05) is 6.42 Å². The topological polar surface area (TPSA) is 50.1 Å². The van der Waals surface area contributed by atoms with E-state index >= 15 is 0 Å². The fourth-order valence-corrected chi connectivity index (χ4v) is 2.09. The molecule has 0 amide bonds. The molecule has 1 aliphatic carbocycles. The third-order valence-electron chi connectivity index (χ3n) is 2.87. The van der Waals surface area contributed by atoms with E-state index in [1.807, 2.05) is 0 Å². The fourth-order valence-electron chi connectivity index (χ4n) is 2.09. The van der Waals surface area contributed by atoms with Crippen LogP contribution in [0.3, 0.4) is 0 Å². The molecule has 0 unspecified atom stereocenters. The summed E-state index contributed by atoms with van der Waals surface area (Å²) in [6.07, 6.45) is 5.17. The Kier molecular flexibility index (Phi) is 3.30. The van der Waals surface area contributed by atoms with Crippen LogP contribution in [0.1, 0.15) is 38.5 Å². The molecule has 0 aliphatic heterocycles. The molecule has 3 heteroatoms. The average Bonchev–Trinajstić information content (AvgIpc) is 2.54. The van der Waals surface area contributed by atoms with Crippen molar-refractivity contribution < 1.29 is 9.53 Å². The highest BCUT2D eigenvalue weighted by atomic mass is 16.5. The van der Waals surface area contributed by atoms with Gasteiger partial charge in [0.05, 0.1) is 19.6 Å². The fraction of sp³-hybridized carbons (Fsp3) is 0.800. The second kappa shape index (κ2) is 4.27. The predicted molar refractivity (Wildman–Crippen MR) is 47.8 cm³/mol. The summed E-state index contributed by atoms with van der Waals surface area (Å²) in [5, 5.41) is 8.68. The van der Waals surface area contributed by atoms with Gasteiger partial charge in [-0.15, -0.1) is 0 Å². The molecule has 0 spiro atoms. The van der Waals surface area contributed by atoms with Crippen LogP contribution in [-0.2, 0) is 9.53 Å². The summed E-state index contributed by atoms with van der Waals surface area (Å²) >= 11 is 0. The number of ether oxygens (including phenoxy) is 1. The lowest BCUT2D eigenvalue weighted by atomic mass is 9.80. The molecule has 0 aromatic heterocycles. The number of carbonyl (C=O) groups is 1. The van der Waals surface area contributed by atoms with E-state index in [9.17, 15) is 4.79 Å². The van der Waals surface area contributed by atoms with Crippen molar-refractivity contribution in [3.05, 3.63) is 0 Å². The molecule has 1 rings (SSSR count). The van der Waals surface area contributed by atoms with Gasteiger partial charge in [-0.2, -0.15) is 5.26 Å². The van der Waals surface area contributed by atoms with Crippen LogP contribution in [0.2, 0.25) is 0 Å². The van der Waals surface area contributed by atoms with Crippen LogP contribution in [0.25, 0.3) is 0 Å². The molecule has 1 fully saturated rings. The second-order valence-electron chi connectivity index (χ2n) is 3.79. The minimum Gasteiger partial charge on any atom is -0.469 e. The van der Waals surface area contributed by atoms with Gasteiger partial charge in [-0.3, -0.25) is 4.79 Å². The van der Waals surface area contributed by atoms with E-state index in [-0.39, 0.29) is 11.4 Å². The number of rotatable bonds is 3. The van der Waals surface area contributed by atoms with Crippen LogP contribution in [-0.4, -0.2) is 13.1 Å². The first-order chi connectivity index (χ1) is 6.22. The summed E-state index contributed by atoms with van der Waals surface area (Å²) in [7, 11) is 1.40. The molecular weight excluding hydrogens is 166 g/mol. The number of esters is 1. The lowest BCUT2D eigenvalue weighted by molar-refractivity contribution is -0.143. The monoisotopic (exact) mass is 181 g/mol. The molecule has 13 heavy (non-hydrogen) atoms. The largest absolute Gasteiger partial charge is 0.469 e. The normalized spacial score (nSPS) is 19.4. The van der Waals surface area contributed by atoms with E-state index in [0.717, 1.165) is 25.7 Å². The zero-order valence-corrected chi connectivity index (χ0v) is 8.01. The van der Waals surface area contributed by atoms with Crippen LogP contribution in [0.15, 0.2) is 0 Å². The van der Waals surface area contributed by atoms with Gasteiger partial charge < -0.3 is 4.74 Å². The first kappa shape index (κ1) is 10.0. The molecular formula is C10H15NO2. The molecule has 0 aromatic carbocycles. The summed E-state index contributed by atoms with van der Waals surface area (Å²) in [6, 6.07) is 2.17. The zero-order chi connectivity index (χ0) is 9.73. The molecule has 0 bridgehead atoms. The van der Waals surface area contributed by atoms with Crippen LogP contribution in [0.4, 0.5) is 0 Å². The third-order valence-corrected chi connectivity index (χ3v) is 2.87. The maximum absolute atomic E-state index is 11.1. The number of hydrogen-bond acceptors (Lipinski definition) is 3. The maximum Gasteiger partial charge on any atom is 0.306 e. The van der Waals surface area contributed by atoms with Crippen molar-refractivity contribution >= 4 is 5.97 Å². The van der Waals surface area contributed by atoms with E-state index in [0.29, 0.717) is 12.8 Å². The Hall–Kier alpha value is -1.04. The van der Waals surface area contributed by atoms with Crippen molar-refractivity contribution in [2.75, 3.05) is 7.11 Å². The van der Waals surface area contributed by atoms with Gasteiger partial charge >= 0.3 is 5.97 Å². The van der Waals surface area contributed by atoms with Crippen molar-refractivity contribution in [1.82, 2.24) is 0 Å². The standard InChI is InChI=1S/C10H15NO2/c1-13-9(12)8-10(6-7-11)4-2-3-5-10/h2-6,8H2,1H3. The van der Waals surface area contributed by atoms with Crippen molar-refractivity contribution in [3.63, 3.8) is 0 Å². The Morgan fingerprint density at radius 1 is 1.54 bits per heavy atom. The minimum atomic E-state index is -0.183. The minimum absolute atomic E-state index is 0.0676. The molecule has 0 saturated heterocycles. The quantitative estimate of drug-likeness (QED) is 0.626. The van der Waals surface area contributed by atoms with E-state index in [2.05, 4.69) is 10.8 Å². The highest BCUT2D eigenvalue weighted by Gasteiger charge is 2.36. The van der Waals surface area contributed by atoms with Gasteiger partial charge in [0.1, 0.15) is 0 Å². The van der Waals surface area contributed by atoms with Crippen molar-refractivity contribution in [2.45, 2.75) is 38.5 Å². The Balaban J connectivity index is 2.57. The predicted octanol–water partition coefficient (Wildman–Crippen LogP) is 2.02. The Labute approximate surface area is 78.7 Å². The van der Waals surface area contributed by atoms with Gasteiger partial charge in [0.25, 0.3) is 0 Å². The Morgan fingerprint density at radius 2 is 2.15 bits per heavy atom. The lowest BCUT2D eigenvalue weighted by Crippen LogP contribution is -2.21. The molecule has 0 aromatic rings. The molecule has 0 heterocycles. The van der Waals surface area contributed by atoms with E-state index in [1.54, 1.807) is 0 Å². The highest BCUT2D eigenvalue weighted by Crippen LogP contribution is 2.43. The van der Waals surface area contributed by atoms with Crippen LogP contribution >= 0.6 is 0 Å². The van der Waals surface area contributed by atoms with Gasteiger partial charge in [-0.05, 0) is 18.3 Å². The van der Waals surface area contributed by atoms with Gasteiger partial charge in [0.2, 0.25) is 0 Å². The number of nitriles is 1. The van der Waals surface area contributed by atoms with Crippen LogP contribution in [0, 0.1) is 16.7 Å². The molecule has 0 N–H and O–H groups in total. The van der Waals surface area contributed by atoms with E-state index in [1.165, 1.54) is 7.11 Å². The summed E-state index contributed by atoms with van der Waals surface area (Å²) in [5.41, 5.74) is -0.0676. The summed E-state index contributed by atoms with van der Waals surface area (Å²) in [5.74, 6) is -0.183. The van der Waals surface area contributed by atoms with Gasteiger partial charge in [-0.1, -0.05) is 12.8 Å². The molecule has 1 aliphatic rings.